The van der Waals surface area contributed by atoms with Crippen molar-refractivity contribution >= 4 is 16.0 Å². The van der Waals surface area contributed by atoms with Gasteiger partial charge in [0.1, 0.15) is 0 Å². The molecule has 0 saturated carbocycles. The molecule has 1 aromatic rings. The molecule has 1 rings (SSSR count). The summed E-state index contributed by atoms with van der Waals surface area (Å²) in [5.74, 6) is 0.581. The van der Waals surface area contributed by atoms with Crippen LogP contribution in [0.4, 0.5) is 0 Å². The van der Waals surface area contributed by atoms with Crippen LogP contribution in [0, 0.1) is 0 Å². The van der Waals surface area contributed by atoms with Gasteiger partial charge in [-0.3, -0.25) is 4.99 Å². The monoisotopic (exact) mass is 400 g/mol. The number of methoxy groups -OCH3 is 1. The van der Waals surface area contributed by atoms with Gasteiger partial charge in [-0.25, -0.2) is 13.1 Å². The standard InChI is InChI=1S/C18H32N4O4S/c1-3-19-18(20-10-7-12-26-14-13-25-2)21-11-15-27(23,24)22-16-17-8-5-4-6-9-17/h4-6,8-9,22H,3,7,10-16H2,1-2H3,(H2,19,20,21). The molecule has 9 heteroatoms. The zero-order valence-corrected chi connectivity index (χ0v) is 17.1. The van der Waals surface area contributed by atoms with Crippen molar-refractivity contribution in [2.24, 2.45) is 4.99 Å². The molecule has 0 heterocycles. The van der Waals surface area contributed by atoms with Crippen LogP contribution in [-0.2, 0) is 26.0 Å². The number of nitrogens with one attached hydrogen (secondary N) is 3. The Kier molecular flexibility index (Phi) is 12.4. The topological polar surface area (TPSA) is 101 Å². The number of nitrogens with zero attached hydrogens (tertiary/aromatic N) is 1. The highest BCUT2D eigenvalue weighted by Crippen LogP contribution is 1.98. The van der Waals surface area contributed by atoms with Crippen molar-refractivity contribution in [1.82, 2.24) is 15.4 Å². The average molecular weight is 401 g/mol. The largest absolute Gasteiger partial charge is 0.382 e. The molecule has 0 bridgehead atoms. The summed E-state index contributed by atoms with van der Waals surface area (Å²) in [7, 11) is -1.72. The number of hydrogen-bond acceptors (Lipinski definition) is 5. The molecule has 0 aliphatic heterocycles. The maximum atomic E-state index is 12.1. The fraction of sp³-hybridized carbons (Fsp3) is 0.611. The molecule has 0 atom stereocenters. The molecule has 0 amide bonds. The van der Waals surface area contributed by atoms with Crippen molar-refractivity contribution in [3.05, 3.63) is 35.9 Å². The first-order valence-corrected chi connectivity index (χ1v) is 10.8. The number of aliphatic imine (C=N–C) groups is 1. The van der Waals surface area contributed by atoms with E-state index in [2.05, 4.69) is 20.3 Å². The maximum Gasteiger partial charge on any atom is 0.213 e. The third kappa shape index (κ3) is 12.4. The minimum absolute atomic E-state index is 0.0234. The number of rotatable bonds is 14. The van der Waals surface area contributed by atoms with Crippen molar-refractivity contribution in [3.8, 4) is 0 Å². The van der Waals surface area contributed by atoms with Gasteiger partial charge in [0.05, 0.1) is 19.0 Å². The third-order valence-electron chi connectivity index (χ3n) is 3.49. The number of hydrogen-bond donors (Lipinski definition) is 3. The molecule has 0 aromatic heterocycles. The molecule has 3 N–H and O–H groups in total. The van der Waals surface area contributed by atoms with Gasteiger partial charge >= 0.3 is 0 Å². The molecule has 0 aliphatic carbocycles. The lowest BCUT2D eigenvalue weighted by Crippen LogP contribution is -2.41. The second-order valence-corrected chi connectivity index (χ2v) is 7.70. The first-order chi connectivity index (χ1) is 13.1. The van der Waals surface area contributed by atoms with Gasteiger partial charge in [0.25, 0.3) is 0 Å². The van der Waals surface area contributed by atoms with E-state index in [1.54, 1.807) is 7.11 Å². The van der Waals surface area contributed by atoms with Crippen LogP contribution in [0.3, 0.4) is 0 Å². The predicted molar refractivity (Wildman–Crippen MR) is 108 cm³/mol. The van der Waals surface area contributed by atoms with E-state index in [-0.39, 0.29) is 12.3 Å². The van der Waals surface area contributed by atoms with Gasteiger partial charge in [-0.15, -0.1) is 0 Å². The van der Waals surface area contributed by atoms with E-state index in [9.17, 15) is 8.42 Å². The molecule has 154 valence electrons. The van der Waals surface area contributed by atoms with E-state index in [0.717, 1.165) is 12.0 Å². The van der Waals surface area contributed by atoms with Crippen LogP contribution in [-0.4, -0.2) is 66.7 Å². The van der Waals surface area contributed by atoms with Crippen LogP contribution < -0.4 is 15.4 Å². The SMILES string of the molecule is CCNC(=NCCCOCCOC)NCCS(=O)(=O)NCc1ccccc1. The van der Waals surface area contributed by atoms with E-state index in [4.69, 9.17) is 9.47 Å². The summed E-state index contributed by atoms with van der Waals surface area (Å²) in [5, 5.41) is 6.15. The van der Waals surface area contributed by atoms with Gasteiger partial charge in [-0.1, -0.05) is 30.3 Å². The number of guanidine groups is 1. The number of sulfonamides is 1. The fourth-order valence-corrected chi connectivity index (χ4v) is 3.01. The summed E-state index contributed by atoms with van der Waals surface area (Å²) in [6.45, 7) is 5.61. The molecule has 0 saturated heterocycles. The van der Waals surface area contributed by atoms with Crippen LogP contribution in [0.15, 0.2) is 35.3 Å². The quantitative estimate of drug-likeness (QED) is 0.242. The number of ether oxygens (including phenoxy) is 2. The van der Waals surface area contributed by atoms with Gasteiger partial charge in [0, 0.05) is 39.9 Å². The summed E-state index contributed by atoms with van der Waals surface area (Å²) >= 11 is 0. The van der Waals surface area contributed by atoms with Crippen LogP contribution in [0.5, 0.6) is 0 Å². The Morgan fingerprint density at radius 1 is 1.11 bits per heavy atom. The van der Waals surface area contributed by atoms with Crippen LogP contribution in [0.25, 0.3) is 0 Å². The maximum absolute atomic E-state index is 12.1. The van der Waals surface area contributed by atoms with Gasteiger partial charge in [0.2, 0.25) is 10.0 Å². The van der Waals surface area contributed by atoms with E-state index in [1.807, 2.05) is 37.3 Å². The van der Waals surface area contributed by atoms with E-state index in [0.29, 0.717) is 45.4 Å². The number of benzene rings is 1. The highest BCUT2D eigenvalue weighted by molar-refractivity contribution is 7.89. The zero-order chi connectivity index (χ0) is 19.8. The Labute approximate surface area is 162 Å². The van der Waals surface area contributed by atoms with Crippen molar-refractivity contribution in [2.45, 2.75) is 19.9 Å². The molecule has 27 heavy (non-hydrogen) atoms. The van der Waals surface area contributed by atoms with Crippen molar-refractivity contribution < 1.29 is 17.9 Å². The van der Waals surface area contributed by atoms with E-state index < -0.39 is 10.0 Å². The van der Waals surface area contributed by atoms with Crippen molar-refractivity contribution in [1.29, 1.82) is 0 Å². The molecular weight excluding hydrogens is 368 g/mol. The average Bonchev–Trinajstić information content (AvgIpc) is 2.66. The first-order valence-electron chi connectivity index (χ1n) is 9.17. The minimum Gasteiger partial charge on any atom is -0.382 e. The van der Waals surface area contributed by atoms with Gasteiger partial charge < -0.3 is 20.1 Å². The van der Waals surface area contributed by atoms with Crippen LogP contribution in [0.1, 0.15) is 18.9 Å². The molecule has 0 fully saturated rings. The first kappa shape index (κ1) is 23.4. The molecule has 0 radical (unpaired) electrons. The smallest absolute Gasteiger partial charge is 0.213 e. The van der Waals surface area contributed by atoms with Crippen molar-refractivity contribution in [2.75, 3.05) is 52.3 Å². The van der Waals surface area contributed by atoms with Gasteiger partial charge in [-0.2, -0.15) is 0 Å². The predicted octanol–water partition coefficient (Wildman–Crippen LogP) is 0.714. The normalized spacial score (nSPS) is 12.1. The molecule has 0 aliphatic rings. The van der Waals surface area contributed by atoms with Crippen LogP contribution in [0.2, 0.25) is 0 Å². The molecule has 1 aromatic carbocycles. The van der Waals surface area contributed by atoms with E-state index in [1.165, 1.54) is 0 Å². The minimum atomic E-state index is -3.36. The lowest BCUT2D eigenvalue weighted by Gasteiger charge is -2.12. The van der Waals surface area contributed by atoms with Gasteiger partial charge in [-0.05, 0) is 18.9 Å². The summed E-state index contributed by atoms with van der Waals surface area (Å²) in [6.07, 6.45) is 0.789. The van der Waals surface area contributed by atoms with Gasteiger partial charge in [0.15, 0.2) is 5.96 Å². The second kappa shape index (κ2) is 14.4. The Hall–Kier alpha value is -1.68. The Morgan fingerprint density at radius 2 is 1.89 bits per heavy atom. The van der Waals surface area contributed by atoms with Crippen molar-refractivity contribution in [3.63, 3.8) is 0 Å². The lowest BCUT2D eigenvalue weighted by atomic mass is 10.2. The Bertz CT molecular complexity index is 624. The zero-order valence-electron chi connectivity index (χ0n) is 16.2. The second-order valence-electron chi connectivity index (χ2n) is 5.77. The molecular formula is C18H32N4O4S. The molecule has 0 spiro atoms. The Morgan fingerprint density at radius 3 is 2.59 bits per heavy atom. The summed E-state index contributed by atoms with van der Waals surface area (Å²) in [4.78, 5) is 4.41. The molecule has 0 unspecified atom stereocenters. The summed E-state index contributed by atoms with van der Waals surface area (Å²) < 4.78 is 37.1. The van der Waals surface area contributed by atoms with E-state index >= 15 is 0 Å². The highest BCUT2D eigenvalue weighted by atomic mass is 32.2. The highest BCUT2D eigenvalue weighted by Gasteiger charge is 2.10. The molecule has 8 nitrogen and oxygen atoms in total. The Balaban J connectivity index is 2.28. The summed E-state index contributed by atoms with van der Waals surface area (Å²) in [5.41, 5.74) is 0.927. The summed E-state index contributed by atoms with van der Waals surface area (Å²) in [6, 6.07) is 9.43. The third-order valence-corrected chi connectivity index (χ3v) is 4.82. The lowest BCUT2D eigenvalue weighted by molar-refractivity contribution is 0.0702. The van der Waals surface area contributed by atoms with Crippen LogP contribution >= 0.6 is 0 Å². The fourth-order valence-electron chi connectivity index (χ4n) is 2.11.